The lowest BCUT2D eigenvalue weighted by molar-refractivity contribution is 0.713. The van der Waals surface area contributed by atoms with Gasteiger partial charge in [0.2, 0.25) is 0 Å². The fourth-order valence-electron chi connectivity index (χ4n) is 2.61. The van der Waals surface area contributed by atoms with Crippen LogP contribution in [0.25, 0.3) is 11.0 Å². The number of rotatable bonds is 5. The standard InChI is InChI=1S/C17H19N3/c18-10-8-15-13-20(17-16(15)7-4-11-19-17)12-9-14-5-2-1-3-6-14/h1-7,11,13H,8-10,12,18H2. The summed E-state index contributed by atoms with van der Waals surface area (Å²) in [7, 11) is 0. The van der Waals surface area contributed by atoms with E-state index in [4.69, 9.17) is 5.73 Å². The molecule has 3 nitrogen and oxygen atoms in total. The second kappa shape index (κ2) is 5.88. The van der Waals surface area contributed by atoms with Gasteiger partial charge in [0.1, 0.15) is 5.65 Å². The van der Waals surface area contributed by atoms with E-state index in [0.717, 1.165) is 25.0 Å². The van der Waals surface area contributed by atoms with Gasteiger partial charge in [0, 0.05) is 24.3 Å². The van der Waals surface area contributed by atoms with Crippen molar-refractivity contribution in [3.05, 3.63) is 66.0 Å². The third kappa shape index (κ3) is 2.58. The summed E-state index contributed by atoms with van der Waals surface area (Å²) in [6, 6.07) is 14.7. The molecule has 1 aromatic carbocycles. The van der Waals surface area contributed by atoms with Crippen molar-refractivity contribution >= 4 is 11.0 Å². The van der Waals surface area contributed by atoms with Crippen molar-refractivity contribution in [3.8, 4) is 0 Å². The predicted octanol–water partition coefficient (Wildman–Crippen LogP) is 2.78. The Bertz CT molecular complexity index is 686. The lowest BCUT2D eigenvalue weighted by Gasteiger charge is -2.04. The van der Waals surface area contributed by atoms with Gasteiger partial charge in [-0.1, -0.05) is 30.3 Å². The highest BCUT2D eigenvalue weighted by molar-refractivity contribution is 5.80. The SMILES string of the molecule is NCCc1cn(CCc2ccccc2)c2ncccc12. The molecule has 102 valence electrons. The van der Waals surface area contributed by atoms with Gasteiger partial charge in [-0.15, -0.1) is 0 Å². The average molecular weight is 265 g/mol. The normalized spacial score (nSPS) is 11.1. The molecule has 0 aliphatic rings. The number of hydrogen-bond acceptors (Lipinski definition) is 2. The van der Waals surface area contributed by atoms with Crippen molar-refractivity contribution in [2.45, 2.75) is 19.4 Å². The first-order chi connectivity index (χ1) is 9.88. The molecule has 0 saturated carbocycles. The van der Waals surface area contributed by atoms with E-state index in [1.807, 2.05) is 12.3 Å². The first-order valence-electron chi connectivity index (χ1n) is 7.05. The molecule has 0 fully saturated rings. The Labute approximate surface area is 119 Å². The van der Waals surface area contributed by atoms with E-state index in [2.05, 4.69) is 52.1 Å². The smallest absolute Gasteiger partial charge is 0.140 e. The molecule has 0 unspecified atom stereocenters. The first-order valence-corrected chi connectivity index (χ1v) is 7.05. The number of fused-ring (bicyclic) bond motifs is 1. The molecule has 0 bridgehead atoms. The number of aryl methyl sites for hydroxylation is 2. The molecule has 0 spiro atoms. The maximum atomic E-state index is 5.70. The molecule has 0 atom stereocenters. The van der Waals surface area contributed by atoms with Crippen molar-refractivity contribution in [2.75, 3.05) is 6.54 Å². The van der Waals surface area contributed by atoms with Gasteiger partial charge in [0.15, 0.2) is 0 Å². The van der Waals surface area contributed by atoms with Crippen molar-refractivity contribution in [1.82, 2.24) is 9.55 Å². The van der Waals surface area contributed by atoms with Crippen LogP contribution in [0.2, 0.25) is 0 Å². The molecule has 0 saturated heterocycles. The minimum absolute atomic E-state index is 0.673. The van der Waals surface area contributed by atoms with Gasteiger partial charge in [-0.25, -0.2) is 4.98 Å². The van der Waals surface area contributed by atoms with Gasteiger partial charge < -0.3 is 10.3 Å². The molecule has 2 heterocycles. The number of benzene rings is 1. The lowest BCUT2D eigenvalue weighted by atomic mass is 10.1. The summed E-state index contributed by atoms with van der Waals surface area (Å²) in [5, 5.41) is 1.23. The Morgan fingerprint density at radius 3 is 2.65 bits per heavy atom. The molecule has 2 aromatic heterocycles. The van der Waals surface area contributed by atoms with Crippen molar-refractivity contribution in [1.29, 1.82) is 0 Å². The van der Waals surface area contributed by atoms with Crippen LogP contribution in [-0.4, -0.2) is 16.1 Å². The van der Waals surface area contributed by atoms with E-state index in [9.17, 15) is 0 Å². The summed E-state index contributed by atoms with van der Waals surface area (Å²) < 4.78 is 2.24. The second-order valence-corrected chi connectivity index (χ2v) is 5.00. The van der Waals surface area contributed by atoms with Crippen LogP contribution < -0.4 is 5.73 Å². The molecule has 0 radical (unpaired) electrons. The Hall–Kier alpha value is -2.13. The molecule has 3 aromatic rings. The van der Waals surface area contributed by atoms with Gasteiger partial charge in [0.25, 0.3) is 0 Å². The summed E-state index contributed by atoms with van der Waals surface area (Å²) in [4.78, 5) is 4.52. The summed E-state index contributed by atoms with van der Waals surface area (Å²) in [5.74, 6) is 0. The summed E-state index contributed by atoms with van der Waals surface area (Å²) >= 11 is 0. The highest BCUT2D eigenvalue weighted by Crippen LogP contribution is 2.20. The minimum Gasteiger partial charge on any atom is -0.332 e. The van der Waals surface area contributed by atoms with Gasteiger partial charge in [0.05, 0.1) is 0 Å². The average Bonchev–Trinajstić information content (AvgIpc) is 2.85. The zero-order valence-electron chi connectivity index (χ0n) is 11.5. The van der Waals surface area contributed by atoms with Gasteiger partial charge in [-0.05, 0) is 42.6 Å². The topological polar surface area (TPSA) is 43.8 Å². The largest absolute Gasteiger partial charge is 0.332 e. The molecule has 0 aliphatic heterocycles. The highest BCUT2D eigenvalue weighted by atomic mass is 15.0. The van der Waals surface area contributed by atoms with Crippen LogP contribution in [0.15, 0.2) is 54.9 Å². The van der Waals surface area contributed by atoms with E-state index < -0.39 is 0 Å². The molecule has 2 N–H and O–H groups in total. The third-order valence-corrected chi connectivity index (χ3v) is 3.61. The van der Waals surface area contributed by atoms with Crippen LogP contribution in [0.4, 0.5) is 0 Å². The quantitative estimate of drug-likeness (QED) is 0.771. The van der Waals surface area contributed by atoms with Crippen LogP contribution in [0.5, 0.6) is 0 Å². The Morgan fingerprint density at radius 2 is 1.85 bits per heavy atom. The van der Waals surface area contributed by atoms with Crippen LogP contribution in [0.3, 0.4) is 0 Å². The fourth-order valence-corrected chi connectivity index (χ4v) is 2.61. The van der Waals surface area contributed by atoms with Crippen LogP contribution in [0, 0.1) is 0 Å². The van der Waals surface area contributed by atoms with Gasteiger partial charge >= 0.3 is 0 Å². The van der Waals surface area contributed by atoms with E-state index in [1.54, 1.807) is 0 Å². The Kier molecular flexibility index (Phi) is 3.79. The van der Waals surface area contributed by atoms with Gasteiger partial charge in [-0.3, -0.25) is 0 Å². The number of nitrogens with two attached hydrogens (primary N) is 1. The van der Waals surface area contributed by atoms with Crippen LogP contribution >= 0.6 is 0 Å². The summed E-state index contributed by atoms with van der Waals surface area (Å²) in [6.07, 6.45) is 5.98. The molecule has 3 rings (SSSR count). The van der Waals surface area contributed by atoms with Crippen LogP contribution in [-0.2, 0) is 19.4 Å². The van der Waals surface area contributed by atoms with E-state index >= 15 is 0 Å². The summed E-state index contributed by atoms with van der Waals surface area (Å²) in [5.41, 5.74) is 9.41. The number of hydrogen-bond donors (Lipinski definition) is 1. The highest BCUT2D eigenvalue weighted by Gasteiger charge is 2.08. The Morgan fingerprint density at radius 1 is 1.00 bits per heavy atom. The molecular formula is C17H19N3. The predicted molar refractivity (Wildman–Crippen MR) is 82.6 cm³/mol. The minimum atomic E-state index is 0.673. The molecule has 20 heavy (non-hydrogen) atoms. The molecule has 3 heteroatoms. The lowest BCUT2D eigenvalue weighted by Crippen LogP contribution is -2.02. The first kappa shape index (κ1) is 12.9. The molecule has 0 amide bonds. The summed E-state index contributed by atoms with van der Waals surface area (Å²) in [6.45, 7) is 1.62. The Balaban J connectivity index is 1.87. The maximum Gasteiger partial charge on any atom is 0.140 e. The van der Waals surface area contributed by atoms with Crippen molar-refractivity contribution < 1.29 is 0 Å². The fraction of sp³-hybridized carbons (Fsp3) is 0.235. The third-order valence-electron chi connectivity index (χ3n) is 3.61. The maximum absolute atomic E-state index is 5.70. The zero-order chi connectivity index (χ0) is 13.8. The molecular weight excluding hydrogens is 246 g/mol. The van der Waals surface area contributed by atoms with E-state index in [1.165, 1.54) is 16.5 Å². The van der Waals surface area contributed by atoms with E-state index in [-0.39, 0.29) is 0 Å². The van der Waals surface area contributed by atoms with Crippen LogP contribution in [0.1, 0.15) is 11.1 Å². The monoisotopic (exact) mass is 265 g/mol. The van der Waals surface area contributed by atoms with Crippen molar-refractivity contribution in [2.24, 2.45) is 5.73 Å². The molecule has 0 aliphatic carbocycles. The van der Waals surface area contributed by atoms with Gasteiger partial charge in [-0.2, -0.15) is 0 Å². The number of nitrogens with zero attached hydrogens (tertiary/aromatic N) is 2. The van der Waals surface area contributed by atoms with E-state index in [0.29, 0.717) is 6.54 Å². The zero-order valence-corrected chi connectivity index (χ0v) is 11.5. The number of pyridine rings is 1. The van der Waals surface area contributed by atoms with Crippen molar-refractivity contribution in [3.63, 3.8) is 0 Å². The number of aromatic nitrogens is 2. The second-order valence-electron chi connectivity index (χ2n) is 5.00.